The van der Waals surface area contributed by atoms with Gasteiger partial charge < -0.3 is 10.3 Å². The van der Waals surface area contributed by atoms with Crippen LogP contribution in [-0.4, -0.2) is 15.0 Å². The van der Waals surface area contributed by atoms with Gasteiger partial charge in [0, 0.05) is 23.5 Å². The Kier molecular flexibility index (Phi) is 3.01. The van der Waals surface area contributed by atoms with Crippen molar-refractivity contribution in [2.24, 2.45) is 0 Å². The molecular formula is C10H14N4S. The molecule has 2 rings (SSSR count). The van der Waals surface area contributed by atoms with Crippen molar-refractivity contribution in [2.45, 2.75) is 26.3 Å². The normalized spacial score (nSPS) is 10.9. The highest BCUT2D eigenvalue weighted by Gasteiger charge is 2.05. The number of aromatic nitrogens is 3. The highest BCUT2D eigenvalue weighted by atomic mass is 32.1. The molecule has 2 aromatic heterocycles. The molecule has 2 heterocycles. The summed E-state index contributed by atoms with van der Waals surface area (Å²) in [6, 6.07) is 0. The molecule has 0 bridgehead atoms. The Hall–Kier alpha value is -1.36. The summed E-state index contributed by atoms with van der Waals surface area (Å²) in [4.78, 5) is 12.8. The van der Waals surface area contributed by atoms with E-state index in [0.717, 1.165) is 11.0 Å². The quantitative estimate of drug-likeness (QED) is 0.836. The zero-order valence-corrected chi connectivity index (χ0v) is 9.64. The van der Waals surface area contributed by atoms with Gasteiger partial charge in [-0.1, -0.05) is 13.8 Å². The van der Waals surface area contributed by atoms with Crippen LogP contribution in [0.2, 0.25) is 0 Å². The maximum atomic E-state index is 4.30. The third kappa shape index (κ3) is 2.56. The minimum Gasteiger partial charge on any atom is -0.354 e. The van der Waals surface area contributed by atoms with E-state index in [0.29, 0.717) is 12.5 Å². The predicted molar refractivity (Wildman–Crippen MR) is 62.1 cm³/mol. The predicted octanol–water partition coefficient (Wildman–Crippen LogP) is 2.60. The topological polar surface area (TPSA) is 53.6 Å². The van der Waals surface area contributed by atoms with Crippen LogP contribution < -0.4 is 5.32 Å². The molecule has 5 heteroatoms. The standard InChI is InChI=1S/C10H14N4S/c1-7(2)8-5-13-10(15-8)14-6-9-11-3-4-12-9/h3-5,7H,6H2,1-2H3,(H,11,12)(H,13,14). The molecule has 0 aliphatic heterocycles. The van der Waals surface area contributed by atoms with Crippen LogP contribution in [0.15, 0.2) is 18.6 Å². The zero-order valence-electron chi connectivity index (χ0n) is 8.82. The molecule has 80 valence electrons. The van der Waals surface area contributed by atoms with Gasteiger partial charge >= 0.3 is 0 Å². The van der Waals surface area contributed by atoms with E-state index in [1.807, 2.05) is 12.4 Å². The number of aromatic amines is 1. The summed E-state index contributed by atoms with van der Waals surface area (Å²) < 4.78 is 0. The number of thiazole rings is 1. The average molecular weight is 222 g/mol. The SMILES string of the molecule is CC(C)c1cnc(NCc2ncc[nH]2)s1. The Bertz CT molecular complexity index is 405. The second kappa shape index (κ2) is 4.44. The van der Waals surface area contributed by atoms with Crippen molar-refractivity contribution in [3.63, 3.8) is 0 Å². The van der Waals surface area contributed by atoms with Crippen molar-refractivity contribution < 1.29 is 0 Å². The third-order valence-corrected chi connectivity index (χ3v) is 3.31. The Morgan fingerprint density at radius 2 is 2.33 bits per heavy atom. The minimum atomic E-state index is 0.543. The Labute approximate surface area is 92.8 Å². The summed E-state index contributed by atoms with van der Waals surface area (Å²) in [5.74, 6) is 1.47. The fourth-order valence-electron chi connectivity index (χ4n) is 1.19. The molecule has 0 aromatic carbocycles. The molecule has 0 amide bonds. The monoisotopic (exact) mass is 222 g/mol. The number of H-pyrrole nitrogens is 1. The lowest BCUT2D eigenvalue weighted by molar-refractivity contribution is 0.885. The second-order valence-electron chi connectivity index (χ2n) is 3.61. The summed E-state index contributed by atoms with van der Waals surface area (Å²) >= 11 is 1.70. The molecular weight excluding hydrogens is 208 g/mol. The van der Waals surface area contributed by atoms with E-state index >= 15 is 0 Å². The number of rotatable bonds is 4. The first-order valence-corrected chi connectivity index (χ1v) is 5.75. The highest BCUT2D eigenvalue weighted by molar-refractivity contribution is 7.15. The van der Waals surface area contributed by atoms with Crippen LogP contribution in [0.5, 0.6) is 0 Å². The Balaban J connectivity index is 1.94. The van der Waals surface area contributed by atoms with E-state index in [1.54, 1.807) is 17.5 Å². The zero-order chi connectivity index (χ0) is 10.7. The third-order valence-electron chi connectivity index (χ3n) is 2.05. The van der Waals surface area contributed by atoms with Gasteiger partial charge in [0.05, 0.1) is 6.54 Å². The molecule has 0 aliphatic carbocycles. The molecule has 0 spiro atoms. The van der Waals surface area contributed by atoms with Gasteiger partial charge in [0.1, 0.15) is 5.82 Å². The minimum absolute atomic E-state index is 0.543. The fourth-order valence-corrected chi connectivity index (χ4v) is 2.00. The number of imidazole rings is 1. The molecule has 15 heavy (non-hydrogen) atoms. The molecule has 0 saturated heterocycles. The summed E-state index contributed by atoms with van der Waals surface area (Å²) in [6.07, 6.45) is 5.50. The average Bonchev–Trinajstić information content (AvgIpc) is 2.86. The first kappa shape index (κ1) is 10.2. The maximum Gasteiger partial charge on any atom is 0.183 e. The molecule has 0 atom stereocenters. The lowest BCUT2D eigenvalue weighted by Crippen LogP contribution is -2.00. The molecule has 0 fully saturated rings. The molecule has 0 aliphatic rings. The summed E-state index contributed by atoms with van der Waals surface area (Å²) in [5, 5.41) is 4.19. The van der Waals surface area contributed by atoms with Gasteiger partial charge in [-0.05, 0) is 5.92 Å². The van der Waals surface area contributed by atoms with Crippen molar-refractivity contribution >= 4 is 16.5 Å². The van der Waals surface area contributed by atoms with Crippen LogP contribution >= 0.6 is 11.3 Å². The van der Waals surface area contributed by atoms with Gasteiger partial charge in [-0.15, -0.1) is 11.3 Å². The fraction of sp³-hybridized carbons (Fsp3) is 0.400. The molecule has 2 aromatic rings. The smallest absolute Gasteiger partial charge is 0.183 e. The highest BCUT2D eigenvalue weighted by Crippen LogP contribution is 2.25. The number of hydrogen-bond donors (Lipinski definition) is 2. The number of nitrogens with zero attached hydrogens (tertiary/aromatic N) is 2. The molecule has 4 nitrogen and oxygen atoms in total. The summed E-state index contributed by atoms with van der Waals surface area (Å²) in [7, 11) is 0. The van der Waals surface area contributed by atoms with Gasteiger partial charge in [0.2, 0.25) is 0 Å². The summed E-state index contributed by atoms with van der Waals surface area (Å²) in [5.41, 5.74) is 0. The van der Waals surface area contributed by atoms with Gasteiger partial charge in [0.15, 0.2) is 5.13 Å². The molecule has 0 saturated carbocycles. The van der Waals surface area contributed by atoms with Crippen molar-refractivity contribution in [1.29, 1.82) is 0 Å². The lowest BCUT2D eigenvalue weighted by Gasteiger charge is -1.99. The van der Waals surface area contributed by atoms with Crippen LogP contribution in [0.4, 0.5) is 5.13 Å². The van der Waals surface area contributed by atoms with Crippen LogP contribution in [0, 0.1) is 0 Å². The van der Waals surface area contributed by atoms with Gasteiger partial charge in [0.25, 0.3) is 0 Å². The first-order valence-electron chi connectivity index (χ1n) is 4.93. The van der Waals surface area contributed by atoms with E-state index in [9.17, 15) is 0 Å². The van der Waals surface area contributed by atoms with E-state index in [2.05, 4.69) is 34.1 Å². The Morgan fingerprint density at radius 3 is 2.93 bits per heavy atom. The number of anilines is 1. The van der Waals surface area contributed by atoms with Crippen molar-refractivity contribution in [2.75, 3.05) is 5.32 Å². The van der Waals surface area contributed by atoms with Gasteiger partial charge in [-0.25, -0.2) is 9.97 Å². The second-order valence-corrected chi connectivity index (χ2v) is 4.67. The largest absolute Gasteiger partial charge is 0.354 e. The van der Waals surface area contributed by atoms with Crippen LogP contribution in [0.3, 0.4) is 0 Å². The van der Waals surface area contributed by atoms with E-state index in [4.69, 9.17) is 0 Å². The lowest BCUT2D eigenvalue weighted by atomic mass is 10.2. The van der Waals surface area contributed by atoms with E-state index in [1.165, 1.54) is 4.88 Å². The summed E-state index contributed by atoms with van der Waals surface area (Å²) in [6.45, 7) is 5.03. The Morgan fingerprint density at radius 1 is 1.47 bits per heavy atom. The van der Waals surface area contributed by atoms with Crippen LogP contribution in [0.1, 0.15) is 30.5 Å². The first-order chi connectivity index (χ1) is 7.25. The van der Waals surface area contributed by atoms with Crippen molar-refractivity contribution in [3.8, 4) is 0 Å². The van der Waals surface area contributed by atoms with Crippen molar-refractivity contribution in [3.05, 3.63) is 29.3 Å². The van der Waals surface area contributed by atoms with Crippen LogP contribution in [0.25, 0.3) is 0 Å². The van der Waals surface area contributed by atoms with E-state index < -0.39 is 0 Å². The van der Waals surface area contributed by atoms with Gasteiger partial charge in [-0.3, -0.25) is 0 Å². The van der Waals surface area contributed by atoms with Crippen LogP contribution in [-0.2, 0) is 6.54 Å². The number of nitrogens with one attached hydrogen (secondary N) is 2. The van der Waals surface area contributed by atoms with Gasteiger partial charge in [-0.2, -0.15) is 0 Å². The maximum absolute atomic E-state index is 4.30. The molecule has 0 radical (unpaired) electrons. The van der Waals surface area contributed by atoms with Crippen molar-refractivity contribution in [1.82, 2.24) is 15.0 Å². The molecule has 2 N–H and O–H groups in total. The number of hydrogen-bond acceptors (Lipinski definition) is 4. The van der Waals surface area contributed by atoms with E-state index in [-0.39, 0.29) is 0 Å². The molecule has 0 unspecified atom stereocenters.